The predicted molar refractivity (Wildman–Crippen MR) is 611 cm³/mol. The van der Waals surface area contributed by atoms with Crippen molar-refractivity contribution in [3.05, 3.63) is 266 Å². The van der Waals surface area contributed by atoms with Crippen molar-refractivity contribution in [3.8, 4) is 0 Å². The predicted octanol–water partition coefficient (Wildman–Crippen LogP) is 35.6. The third-order valence-corrected chi connectivity index (χ3v) is 31.5. The van der Waals surface area contributed by atoms with E-state index >= 15 is 0 Å². The van der Waals surface area contributed by atoms with Crippen molar-refractivity contribution in [2.45, 2.75) is 279 Å². The second-order valence-corrected chi connectivity index (χ2v) is 39.5. The molecule has 6 aliphatic rings. The SMILES string of the molecule is C.C.C.CC.CC.CC.CC.CC.CC.CN1C(=O)c2c(c3c4ccccc4n(C)c3c3c2c2ccccc2n3C2O[CH-]C(C)(C)C2(C)C)C1(C)C.CN1C(=O)c2c(c3c4ccccc4n(C4O[CH-]C(C)(C)C(C)(C)C4(C)C)c3c3c2c2ccccc2n3C)C1(C)C.CN1C(=O)c2c(c3c4ccccc4n(C4O[CH-]C(C)(C)C4(C)C)c3c3c2c2ccccc2n3C)C1(C)C.[CH3-].[CH3-].[CH3-].[CH3-].[CH3-].[CH3-].[CH3-].[CH3-].[CH3-].[W].[W].[W]. The Hall–Kier alpha value is -7.87. The zero-order valence-electron chi connectivity index (χ0n) is 93.5. The number of nitrogens with zero attached hydrogens (tertiary/aromatic N) is 9. The Morgan fingerprint density at radius 3 is 0.667 bits per heavy atom. The topological polar surface area (TPSA) is 118 Å². The molecule has 0 radical (unpaired) electrons. The molecule has 3 amide bonds. The summed E-state index contributed by atoms with van der Waals surface area (Å²) >= 11 is 0. The first-order valence-corrected chi connectivity index (χ1v) is 46.7. The Morgan fingerprint density at radius 1 is 0.248 bits per heavy atom. The molecule has 6 aromatic heterocycles. The van der Waals surface area contributed by atoms with Crippen LogP contribution in [0.4, 0.5) is 0 Å². The number of benzene rings is 9. The molecule has 0 aliphatic carbocycles. The van der Waals surface area contributed by atoms with Gasteiger partial charge in [0.25, 0.3) is 17.7 Å². The molecule has 6 aliphatic heterocycles. The molecule has 18 heteroatoms. The van der Waals surface area contributed by atoms with Gasteiger partial charge in [-0.2, -0.15) is 0 Å². The summed E-state index contributed by atoms with van der Waals surface area (Å²) in [7, 11) is 12.2. The average Bonchev–Trinajstić information content (AvgIpc) is 1.51. The molecule has 9 aromatic carbocycles. The van der Waals surface area contributed by atoms with Gasteiger partial charge in [-0.15, -0.1) is 16.2 Å². The van der Waals surface area contributed by atoms with Gasteiger partial charge in [0.15, 0.2) is 0 Å². The molecule has 0 saturated carbocycles. The first-order chi connectivity index (χ1) is 59.5. The van der Waals surface area contributed by atoms with Crippen molar-refractivity contribution in [2.75, 3.05) is 21.1 Å². The fourth-order valence-corrected chi connectivity index (χ4v) is 21.3. The van der Waals surface area contributed by atoms with Crippen LogP contribution in [0.5, 0.6) is 0 Å². The van der Waals surface area contributed by atoms with E-state index in [4.69, 9.17) is 14.2 Å². The molecular formula is C123H183N9O6W3-12. The van der Waals surface area contributed by atoms with Gasteiger partial charge >= 0.3 is 0 Å². The van der Waals surface area contributed by atoms with Crippen molar-refractivity contribution < 1.29 is 91.8 Å². The minimum absolute atomic E-state index is 0. The quantitative estimate of drug-likeness (QED) is 0.163. The van der Waals surface area contributed by atoms with Crippen LogP contribution in [0.15, 0.2) is 146 Å². The number of carbonyl (C=O) groups excluding carboxylic acids is 3. The van der Waals surface area contributed by atoms with E-state index in [1.54, 1.807) is 0 Å². The van der Waals surface area contributed by atoms with Gasteiger partial charge in [-0.3, -0.25) is 14.4 Å². The molecular weight excluding hydrogens is 2250 g/mol. The second kappa shape index (κ2) is 48.2. The number of ether oxygens (including phenoxy) is 3. The van der Waals surface area contributed by atoms with Crippen LogP contribution in [0.25, 0.3) is 131 Å². The minimum Gasteiger partial charge on any atom is -0.533 e. The Morgan fingerprint density at radius 2 is 0.426 bits per heavy atom. The molecule has 0 N–H and O–H groups in total. The molecule has 21 rings (SSSR count). The normalized spacial score (nSPS) is 18.5. The number of amides is 3. The smallest absolute Gasteiger partial charge is 0.255 e. The van der Waals surface area contributed by atoms with Crippen molar-refractivity contribution in [1.29, 1.82) is 0 Å². The van der Waals surface area contributed by atoms with Crippen molar-refractivity contribution in [1.82, 2.24) is 42.1 Å². The number of aromatic nitrogens is 6. The van der Waals surface area contributed by atoms with E-state index in [1.807, 2.05) is 132 Å². The molecule has 12 heterocycles. The van der Waals surface area contributed by atoms with Gasteiger partial charge in [0.05, 0.1) is 83.0 Å². The van der Waals surface area contributed by atoms with E-state index in [-0.39, 0.29) is 227 Å². The molecule has 15 nitrogen and oxygen atoms in total. The summed E-state index contributed by atoms with van der Waals surface area (Å²) in [6.07, 6.45) is -0.649. The zero-order valence-corrected chi connectivity index (χ0v) is 102. The van der Waals surface area contributed by atoms with E-state index in [0.29, 0.717) is 0 Å². The zero-order chi connectivity index (χ0) is 93.2. The van der Waals surface area contributed by atoms with Gasteiger partial charge in [0.1, 0.15) is 18.7 Å². The third kappa shape index (κ3) is 18.7. The average molecular weight is 2440 g/mol. The standard InChI is InChI=1S/C35H40N3O2.2C32H34N3O2.6C2H6.3CH4.9CH3.3W/c1-32(2)19-40-31(33(3,4)35(32,7)8)38-23-18-14-12-16-21(23)25-27-26(30(39)37(10)34(27,5)6)24-20-15-11-13-17-22(20)36(9)28(24)29(25)38;1-30(2)17-37-29(31(30,3)4)35-21-16-12-10-14-19(21)22-24-25(32(5,6)34(8)28(24)36)23-18-13-9-11-15-20(18)33(7)26(23)27(22)35;1-30(2)17-37-29(31(30,3)4)35-21-16-12-10-14-19(21)23-25-24(28(36)34(8)32(25,5)6)22-18-13-9-11-15-20(18)33(7)26(22)27(23)35;6*1-2;;;;;;;;;;;;;;;/h11-19,31H,1-10H3;2*9-17,29H,1-8H3;6*1-2H3;3*1H4;9*1H3;;;/q3*-1;;;;;;;;;;9*-1;;;. The maximum absolute atomic E-state index is 14.1. The van der Waals surface area contributed by atoms with Crippen LogP contribution in [-0.4, -0.2) is 81.0 Å². The van der Waals surface area contributed by atoms with Crippen LogP contribution in [-0.2, 0) is 115 Å². The van der Waals surface area contributed by atoms with Crippen LogP contribution in [0.2, 0.25) is 0 Å². The number of rotatable bonds is 3. The Kier molecular flexibility index (Phi) is 46.9. The van der Waals surface area contributed by atoms with E-state index < -0.39 is 16.6 Å². The van der Waals surface area contributed by atoms with Crippen LogP contribution in [0.3, 0.4) is 0 Å². The van der Waals surface area contributed by atoms with E-state index in [9.17, 15) is 14.4 Å². The monoisotopic (exact) mass is 2430 g/mol. The van der Waals surface area contributed by atoms with Crippen LogP contribution in [0, 0.1) is 125 Å². The molecule has 786 valence electrons. The van der Waals surface area contributed by atoms with Gasteiger partial charge in [0, 0.05) is 209 Å². The largest absolute Gasteiger partial charge is 0.533 e. The second-order valence-electron chi connectivity index (χ2n) is 39.5. The number of fused-ring (bicyclic) bond motifs is 30. The molecule has 15 aromatic rings. The minimum atomic E-state index is -0.471. The van der Waals surface area contributed by atoms with Gasteiger partial charge in [-0.25, -0.2) is 19.8 Å². The third-order valence-electron chi connectivity index (χ3n) is 31.5. The molecule has 0 bridgehead atoms. The fourth-order valence-electron chi connectivity index (χ4n) is 21.3. The van der Waals surface area contributed by atoms with Crippen LogP contribution in [0.1, 0.15) is 310 Å². The summed E-state index contributed by atoms with van der Waals surface area (Å²) < 4.78 is 34.1. The van der Waals surface area contributed by atoms with E-state index in [2.05, 4.69) is 339 Å². The van der Waals surface area contributed by atoms with Crippen LogP contribution >= 0.6 is 0 Å². The number of aryl methyl sites for hydroxylation is 3. The molecule has 3 atom stereocenters. The fraction of sp³-hybridized carbons (Fsp3) is 0.439. The summed E-state index contributed by atoms with van der Waals surface area (Å²) in [6.45, 7) is 75.3. The molecule has 0 spiro atoms. The number of para-hydroxylation sites is 6. The van der Waals surface area contributed by atoms with Crippen molar-refractivity contribution >= 4 is 149 Å². The summed E-state index contributed by atoms with van der Waals surface area (Å²) in [5.41, 5.74) is 17.0. The van der Waals surface area contributed by atoms with Crippen LogP contribution < -0.4 is 0 Å². The molecule has 3 fully saturated rings. The molecule has 141 heavy (non-hydrogen) atoms. The summed E-state index contributed by atoms with van der Waals surface area (Å²) in [4.78, 5) is 47.9. The van der Waals surface area contributed by atoms with Crippen molar-refractivity contribution in [2.24, 2.45) is 59.0 Å². The number of hydrogen-bond donors (Lipinski definition) is 0. The molecule has 3 unspecified atom stereocenters. The van der Waals surface area contributed by atoms with Gasteiger partial charge in [-0.05, 0) is 94.2 Å². The number of hydrogen-bond acceptors (Lipinski definition) is 6. The maximum Gasteiger partial charge on any atom is 0.255 e. The Bertz CT molecular complexity index is 6860. The van der Waals surface area contributed by atoms with Gasteiger partial charge < -0.3 is 123 Å². The summed E-state index contributed by atoms with van der Waals surface area (Å²) in [5, 5.41) is 13.5. The number of carbonyl (C=O) groups is 3. The van der Waals surface area contributed by atoms with E-state index in [1.165, 1.54) is 27.1 Å². The van der Waals surface area contributed by atoms with Gasteiger partial charge in [0.2, 0.25) is 0 Å². The first-order valence-electron chi connectivity index (χ1n) is 46.7. The van der Waals surface area contributed by atoms with E-state index in [0.717, 1.165) is 137 Å². The van der Waals surface area contributed by atoms with Gasteiger partial charge in [-0.1, -0.05) is 311 Å². The van der Waals surface area contributed by atoms with Crippen molar-refractivity contribution in [3.63, 3.8) is 0 Å². The summed E-state index contributed by atoms with van der Waals surface area (Å²) in [5.74, 6) is 0.263. The maximum atomic E-state index is 14.1. The Balaban J connectivity index is -0.00000183. The molecule has 3 saturated heterocycles. The summed E-state index contributed by atoms with van der Waals surface area (Å²) in [6, 6.07) is 51.3. The Labute approximate surface area is 900 Å². The first kappa shape index (κ1) is 137.